The molecule has 1 aliphatic rings. The third-order valence-corrected chi connectivity index (χ3v) is 4.04. The second-order valence-electron chi connectivity index (χ2n) is 5.81. The molecule has 2 heterocycles. The molecule has 7 nitrogen and oxygen atoms in total. The van der Waals surface area contributed by atoms with E-state index in [-0.39, 0.29) is 23.4 Å². The maximum Gasteiger partial charge on any atom is 0.310 e. The first-order valence-corrected chi connectivity index (χ1v) is 7.96. The van der Waals surface area contributed by atoms with Crippen molar-refractivity contribution < 1.29 is 14.3 Å². The third-order valence-electron chi connectivity index (χ3n) is 4.04. The Labute approximate surface area is 135 Å². The van der Waals surface area contributed by atoms with Gasteiger partial charge in [0.15, 0.2) is 0 Å². The Bertz CT molecular complexity index is 640. The van der Waals surface area contributed by atoms with Crippen LogP contribution in [0.15, 0.2) is 16.9 Å². The van der Waals surface area contributed by atoms with E-state index in [1.165, 1.54) is 10.7 Å². The zero-order chi connectivity index (χ0) is 17.0. The zero-order valence-corrected chi connectivity index (χ0v) is 13.8. The van der Waals surface area contributed by atoms with Crippen LogP contribution < -0.4 is 5.56 Å². The molecule has 0 radical (unpaired) electrons. The van der Waals surface area contributed by atoms with E-state index in [2.05, 4.69) is 5.10 Å². The number of hydrogen-bond acceptors (Lipinski definition) is 5. The first-order valence-electron chi connectivity index (χ1n) is 7.96. The number of esters is 1. The Kier molecular flexibility index (Phi) is 5.52. The maximum atomic E-state index is 12.7. The molecule has 126 valence electrons. The number of ether oxygens (including phenoxy) is 1. The predicted octanol–water partition coefficient (Wildman–Crippen LogP) is 0.914. The maximum absolute atomic E-state index is 12.7. The van der Waals surface area contributed by atoms with Gasteiger partial charge in [0.2, 0.25) is 5.91 Å². The lowest BCUT2D eigenvalue weighted by atomic mass is 9.97. The quantitative estimate of drug-likeness (QED) is 0.770. The molecule has 0 N–H and O–H groups in total. The second kappa shape index (κ2) is 7.39. The lowest BCUT2D eigenvalue weighted by Gasteiger charge is -2.33. The molecule has 1 amide bonds. The largest absolute Gasteiger partial charge is 0.466 e. The van der Waals surface area contributed by atoms with Crippen LogP contribution in [0.4, 0.5) is 0 Å². The number of aryl methyl sites for hydroxylation is 1. The van der Waals surface area contributed by atoms with E-state index in [9.17, 15) is 14.4 Å². The van der Waals surface area contributed by atoms with E-state index in [0.717, 1.165) is 12.8 Å². The van der Waals surface area contributed by atoms with Crippen LogP contribution in [0.5, 0.6) is 0 Å². The lowest BCUT2D eigenvalue weighted by Crippen LogP contribution is -2.46. The van der Waals surface area contributed by atoms with E-state index >= 15 is 0 Å². The molecule has 2 atom stereocenters. The number of hydrogen-bond donors (Lipinski definition) is 0. The van der Waals surface area contributed by atoms with Gasteiger partial charge in [0.1, 0.15) is 6.04 Å². The molecule has 0 aliphatic carbocycles. The third kappa shape index (κ3) is 3.97. The molecule has 2 unspecified atom stereocenters. The van der Waals surface area contributed by atoms with Crippen molar-refractivity contribution in [1.29, 1.82) is 0 Å². The van der Waals surface area contributed by atoms with E-state index in [4.69, 9.17) is 4.74 Å². The molecule has 1 aliphatic heterocycles. The van der Waals surface area contributed by atoms with Crippen molar-refractivity contribution in [2.24, 2.45) is 5.92 Å². The fourth-order valence-electron chi connectivity index (χ4n) is 2.80. The van der Waals surface area contributed by atoms with Crippen LogP contribution in [-0.4, -0.2) is 46.3 Å². The molecule has 1 aromatic rings. The summed E-state index contributed by atoms with van der Waals surface area (Å²) in [6.45, 7) is 6.45. The van der Waals surface area contributed by atoms with Crippen molar-refractivity contribution in [3.05, 3.63) is 28.2 Å². The van der Waals surface area contributed by atoms with Crippen LogP contribution in [0.2, 0.25) is 0 Å². The summed E-state index contributed by atoms with van der Waals surface area (Å²) < 4.78 is 6.24. The van der Waals surface area contributed by atoms with Crippen molar-refractivity contribution in [3.8, 4) is 0 Å². The summed E-state index contributed by atoms with van der Waals surface area (Å²) in [5, 5.41) is 4.14. The lowest BCUT2D eigenvalue weighted by molar-refractivity contribution is -0.151. The molecule has 7 heteroatoms. The van der Waals surface area contributed by atoms with Crippen molar-refractivity contribution >= 4 is 11.9 Å². The number of carbonyl (C=O) groups excluding carboxylic acids is 2. The topological polar surface area (TPSA) is 81.5 Å². The van der Waals surface area contributed by atoms with Crippen LogP contribution in [0.3, 0.4) is 0 Å². The Balaban J connectivity index is 2.11. The van der Waals surface area contributed by atoms with Gasteiger partial charge >= 0.3 is 5.97 Å². The highest BCUT2D eigenvalue weighted by Crippen LogP contribution is 2.20. The fourth-order valence-corrected chi connectivity index (χ4v) is 2.80. The number of aromatic nitrogens is 2. The first kappa shape index (κ1) is 17.2. The van der Waals surface area contributed by atoms with Crippen LogP contribution in [0.1, 0.15) is 38.4 Å². The molecule has 1 saturated heterocycles. The SMILES string of the molecule is CCOC(=O)C1CCCN(C(=O)C(C)n2nc(C)ccc2=O)C1. The number of rotatable bonds is 4. The highest BCUT2D eigenvalue weighted by molar-refractivity contribution is 5.81. The predicted molar refractivity (Wildman–Crippen MR) is 83.9 cm³/mol. The van der Waals surface area contributed by atoms with Gasteiger partial charge in [-0.15, -0.1) is 0 Å². The number of piperidine rings is 1. The Morgan fingerprint density at radius 2 is 2.17 bits per heavy atom. The van der Waals surface area contributed by atoms with Gasteiger partial charge in [-0.1, -0.05) is 0 Å². The van der Waals surface area contributed by atoms with Gasteiger partial charge in [0, 0.05) is 19.2 Å². The molecule has 2 rings (SSSR count). The summed E-state index contributed by atoms with van der Waals surface area (Å²) in [4.78, 5) is 38.1. The van der Waals surface area contributed by atoms with Gasteiger partial charge in [-0.05, 0) is 39.7 Å². The number of carbonyl (C=O) groups is 2. The summed E-state index contributed by atoms with van der Waals surface area (Å²) in [7, 11) is 0. The summed E-state index contributed by atoms with van der Waals surface area (Å²) in [6.07, 6.45) is 1.47. The monoisotopic (exact) mass is 321 g/mol. The summed E-state index contributed by atoms with van der Waals surface area (Å²) >= 11 is 0. The van der Waals surface area contributed by atoms with Crippen molar-refractivity contribution in [2.75, 3.05) is 19.7 Å². The molecular weight excluding hydrogens is 298 g/mol. The Morgan fingerprint density at radius 3 is 2.87 bits per heavy atom. The number of nitrogens with zero attached hydrogens (tertiary/aromatic N) is 3. The first-order chi connectivity index (χ1) is 10.9. The van der Waals surface area contributed by atoms with Gasteiger partial charge in [-0.25, -0.2) is 4.68 Å². The Morgan fingerprint density at radius 1 is 1.43 bits per heavy atom. The normalized spacial score (nSPS) is 19.3. The molecule has 1 fully saturated rings. The minimum Gasteiger partial charge on any atom is -0.466 e. The van der Waals surface area contributed by atoms with Crippen LogP contribution in [-0.2, 0) is 14.3 Å². The van der Waals surface area contributed by atoms with Crippen LogP contribution in [0.25, 0.3) is 0 Å². The standard InChI is InChI=1S/C16H23N3O4/c1-4-23-16(22)13-6-5-9-18(10-13)15(21)12(3)19-14(20)8-7-11(2)17-19/h7-8,12-13H,4-6,9-10H2,1-3H3. The molecule has 0 spiro atoms. The van der Waals surface area contributed by atoms with Gasteiger partial charge in [0.05, 0.1) is 18.2 Å². The summed E-state index contributed by atoms with van der Waals surface area (Å²) in [5.41, 5.74) is 0.364. The summed E-state index contributed by atoms with van der Waals surface area (Å²) in [5.74, 6) is -0.746. The van der Waals surface area contributed by atoms with Gasteiger partial charge < -0.3 is 9.64 Å². The number of likely N-dealkylation sites (tertiary alicyclic amines) is 1. The second-order valence-corrected chi connectivity index (χ2v) is 5.81. The molecular formula is C16H23N3O4. The minimum absolute atomic E-state index is 0.195. The van der Waals surface area contributed by atoms with Crippen LogP contribution >= 0.6 is 0 Å². The highest BCUT2D eigenvalue weighted by atomic mass is 16.5. The van der Waals surface area contributed by atoms with E-state index < -0.39 is 6.04 Å². The molecule has 23 heavy (non-hydrogen) atoms. The van der Waals surface area contributed by atoms with E-state index in [1.54, 1.807) is 31.7 Å². The fraction of sp³-hybridized carbons (Fsp3) is 0.625. The summed E-state index contributed by atoms with van der Waals surface area (Å²) in [6, 6.07) is 2.33. The van der Waals surface area contributed by atoms with Crippen molar-refractivity contribution in [3.63, 3.8) is 0 Å². The van der Waals surface area contributed by atoms with Crippen molar-refractivity contribution in [1.82, 2.24) is 14.7 Å². The minimum atomic E-state index is -0.691. The molecule has 0 bridgehead atoms. The molecule has 0 aromatic carbocycles. The highest BCUT2D eigenvalue weighted by Gasteiger charge is 2.32. The van der Waals surface area contributed by atoms with Crippen LogP contribution in [0, 0.1) is 12.8 Å². The van der Waals surface area contributed by atoms with Crippen molar-refractivity contribution in [2.45, 2.75) is 39.7 Å². The van der Waals surface area contributed by atoms with Gasteiger partial charge in [-0.3, -0.25) is 14.4 Å². The molecule has 1 aromatic heterocycles. The van der Waals surface area contributed by atoms with E-state index in [1.807, 2.05) is 0 Å². The van der Waals surface area contributed by atoms with Gasteiger partial charge in [-0.2, -0.15) is 5.10 Å². The van der Waals surface area contributed by atoms with E-state index in [0.29, 0.717) is 25.4 Å². The zero-order valence-electron chi connectivity index (χ0n) is 13.8. The number of amides is 1. The van der Waals surface area contributed by atoms with Gasteiger partial charge in [0.25, 0.3) is 5.56 Å². The average molecular weight is 321 g/mol. The Hall–Kier alpha value is -2.18. The smallest absolute Gasteiger partial charge is 0.310 e. The molecule has 0 saturated carbocycles. The average Bonchev–Trinajstić information content (AvgIpc) is 2.56.